The topological polar surface area (TPSA) is 125 Å². The quantitative estimate of drug-likeness (QED) is 0.530. The minimum Gasteiger partial charge on any atom is -0.345 e. The smallest absolute Gasteiger partial charge is 0.217 e. The second-order valence-corrected chi connectivity index (χ2v) is 8.07. The molecule has 4 rings (SSSR count). The van der Waals surface area contributed by atoms with E-state index >= 15 is 0 Å². The van der Waals surface area contributed by atoms with Crippen LogP contribution in [0.15, 0.2) is 36.5 Å². The lowest BCUT2D eigenvalue weighted by molar-refractivity contribution is -0.231. The van der Waals surface area contributed by atoms with Gasteiger partial charge in [0.25, 0.3) is 0 Å². The first-order valence-corrected chi connectivity index (χ1v) is 10.3. The molecule has 1 aromatic carbocycles. The summed E-state index contributed by atoms with van der Waals surface area (Å²) in [5, 5.41) is 0. The summed E-state index contributed by atoms with van der Waals surface area (Å²) in [6, 6.07) is 7.98. The monoisotopic (exact) mass is 426 g/mol. The van der Waals surface area contributed by atoms with E-state index in [0.717, 1.165) is 12.0 Å². The summed E-state index contributed by atoms with van der Waals surface area (Å²) in [5.41, 5.74) is 14.0. The van der Waals surface area contributed by atoms with Crippen molar-refractivity contribution in [3.8, 4) is 22.6 Å². The van der Waals surface area contributed by atoms with E-state index in [1.54, 1.807) is 18.3 Å². The highest BCUT2D eigenvalue weighted by molar-refractivity contribution is 5.76. The van der Waals surface area contributed by atoms with Crippen molar-refractivity contribution in [2.75, 3.05) is 26.3 Å². The van der Waals surface area contributed by atoms with Gasteiger partial charge in [-0.2, -0.15) is 0 Å². The molecule has 0 saturated carbocycles. The molecule has 164 valence electrons. The minimum atomic E-state index is -0.647. The van der Waals surface area contributed by atoms with E-state index < -0.39 is 6.29 Å². The zero-order valence-electron chi connectivity index (χ0n) is 17.5. The number of aromatic amines is 1. The number of ether oxygens (including phenoxy) is 2. The molecule has 0 unspecified atom stereocenters. The molecule has 5 N–H and O–H groups in total. The molecule has 9 heteroatoms. The molecule has 0 aliphatic carbocycles. The van der Waals surface area contributed by atoms with Crippen LogP contribution in [0.2, 0.25) is 0 Å². The van der Waals surface area contributed by atoms with Crippen LogP contribution in [0.25, 0.3) is 22.6 Å². The maximum absolute atomic E-state index is 13.5. The summed E-state index contributed by atoms with van der Waals surface area (Å²) in [7, 11) is 0. The molecule has 1 aliphatic heterocycles. The lowest BCUT2D eigenvalue weighted by Gasteiger charge is -2.35. The SMILES string of the molecule is CC1(CN)COC(c2nc(-c3ccc(F)cc3)c(-c3ccnc(CCCN)n3)[nH]2)OC1. The molecule has 0 radical (unpaired) electrons. The number of nitrogens with zero attached hydrogens (tertiary/aromatic N) is 3. The highest BCUT2D eigenvalue weighted by atomic mass is 19.1. The van der Waals surface area contributed by atoms with Crippen LogP contribution in [0.3, 0.4) is 0 Å². The Kier molecular flexibility index (Phi) is 6.38. The van der Waals surface area contributed by atoms with Crippen molar-refractivity contribution in [1.82, 2.24) is 19.9 Å². The average molecular weight is 426 g/mol. The lowest BCUT2D eigenvalue weighted by atomic mass is 9.93. The standard InChI is InChI=1S/C22H27FN6O2/c1-22(11-25)12-30-21(31-13-22)20-28-18(14-4-6-15(23)7-5-14)19(29-20)16-8-10-26-17(27-16)3-2-9-24/h4-8,10,21H,2-3,9,11-13,24-25H2,1H3,(H,28,29). The van der Waals surface area contributed by atoms with Crippen molar-refractivity contribution in [2.45, 2.75) is 26.1 Å². The van der Waals surface area contributed by atoms with Crippen LogP contribution < -0.4 is 11.5 Å². The predicted molar refractivity (Wildman–Crippen MR) is 114 cm³/mol. The van der Waals surface area contributed by atoms with Crippen LogP contribution in [-0.2, 0) is 15.9 Å². The number of halogens is 1. The van der Waals surface area contributed by atoms with Gasteiger partial charge in [-0.15, -0.1) is 0 Å². The fourth-order valence-electron chi connectivity index (χ4n) is 3.34. The number of hydrogen-bond acceptors (Lipinski definition) is 7. The third-order valence-electron chi connectivity index (χ3n) is 5.29. The van der Waals surface area contributed by atoms with Crippen LogP contribution in [0.1, 0.15) is 31.3 Å². The number of nitrogens with one attached hydrogen (secondary N) is 1. The Labute approximate surface area is 180 Å². The number of aryl methyl sites for hydroxylation is 1. The average Bonchev–Trinajstić information content (AvgIpc) is 3.24. The number of benzene rings is 1. The molecular weight excluding hydrogens is 399 g/mol. The Morgan fingerprint density at radius 3 is 2.55 bits per heavy atom. The summed E-state index contributed by atoms with van der Waals surface area (Å²) >= 11 is 0. The molecule has 0 bridgehead atoms. The Morgan fingerprint density at radius 1 is 1.13 bits per heavy atom. The second-order valence-electron chi connectivity index (χ2n) is 8.07. The van der Waals surface area contributed by atoms with Gasteiger partial charge in [0.2, 0.25) is 6.29 Å². The third kappa shape index (κ3) is 4.80. The van der Waals surface area contributed by atoms with E-state index in [1.807, 2.05) is 13.0 Å². The van der Waals surface area contributed by atoms with Crippen molar-refractivity contribution in [3.05, 3.63) is 54.0 Å². The van der Waals surface area contributed by atoms with E-state index in [1.165, 1.54) is 12.1 Å². The summed E-state index contributed by atoms with van der Waals surface area (Å²) in [6.45, 7) is 3.99. The number of nitrogens with two attached hydrogens (primary N) is 2. The Balaban J connectivity index is 1.71. The van der Waals surface area contributed by atoms with Crippen molar-refractivity contribution < 1.29 is 13.9 Å². The van der Waals surface area contributed by atoms with Gasteiger partial charge in [-0.3, -0.25) is 0 Å². The van der Waals surface area contributed by atoms with Crippen LogP contribution in [-0.4, -0.2) is 46.2 Å². The molecule has 31 heavy (non-hydrogen) atoms. The molecule has 2 aromatic heterocycles. The van der Waals surface area contributed by atoms with Gasteiger partial charge in [0.15, 0.2) is 5.82 Å². The highest BCUT2D eigenvalue weighted by Gasteiger charge is 2.34. The number of aromatic nitrogens is 4. The van der Waals surface area contributed by atoms with Crippen molar-refractivity contribution in [1.29, 1.82) is 0 Å². The van der Waals surface area contributed by atoms with E-state index in [9.17, 15) is 4.39 Å². The first-order chi connectivity index (χ1) is 15.0. The van der Waals surface area contributed by atoms with E-state index in [4.69, 9.17) is 25.9 Å². The zero-order valence-corrected chi connectivity index (χ0v) is 17.5. The first kappa shape index (κ1) is 21.5. The maximum Gasteiger partial charge on any atom is 0.217 e. The Hall–Kier alpha value is -2.72. The highest BCUT2D eigenvalue weighted by Crippen LogP contribution is 2.35. The van der Waals surface area contributed by atoms with Crippen LogP contribution >= 0.6 is 0 Å². The zero-order chi connectivity index (χ0) is 21.8. The molecule has 1 aliphatic rings. The van der Waals surface area contributed by atoms with Gasteiger partial charge in [0.1, 0.15) is 11.6 Å². The van der Waals surface area contributed by atoms with Gasteiger partial charge in [-0.1, -0.05) is 6.92 Å². The minimum absolute atomic E-state index is 0.226. The fourth-order valence-corrected chi connectivity index (χ4v) is 3.34. The molecule has 3 heterocycles. The van der Waals surface area contributed by atoms with E-state index in [-0.39, 0.29) is 11.2 Å². The van der Waals surface area contributed by atoms with Crippen molar-refractivity contribution >= 4 is 0 Å². The summed E-state index contributed by atoms with van der Waals surface area (Å²) < 4.78 is 25.3. The number of rotatable bonds is 7. The third-order valence-corrected chi connectivity index (χ3v) is 5.29. The first-order valence-electron chi connectivity index (χ1n) is 10.3. The van der Waals surface area contributed by atoms with Gasteiger partial charge >= 0.3 is 0 Å². The summed E-state index contributed by atoms with van der Waals surface area (Å²) in [5.74, 6) is 0.913. The van der Waals surface area contributed by atoms with Gasteiger partial charge in [-0.25, -0.2) is 19.3 Å². The largest absolute Gasteiger partial charge is 0.345 e. The second kappa shape index (κ2) is 9.19. The van der Waals surface area contributed by atoms with Crippen LogP contribution in [0.4, 0.5) is 4.39 Å². The Bertz CT molecular complexity index is 1020. The normalized spacial score (nSPS) is 21.4. The molecule has 1 saturated heterocycles. The fraction of sp³-hybridized carbons (Fsp3) is 0.409. The van der Waals surface area contributed by atoms with Crippen LogP contribution in [0, 0.1) is 11.2 Å². The van der Waals surface area contributed by atoms with Gasteiger partial charge in [-0.05, 0) is 43.3 Å². The molecule has 1 fully saturated rings. The Morgan fingerprint density at radius 2 is 1.87 bits per heavy atom. The van der Waals surface area contributed by atoms with Gasteiger partial charge in [0.05, 0.1) is 30.3 Å². The number of hydrogen-bond donors (Lipinski definition) is 3. The number of H-pyrrole nitrogens is 1. The molecule has 3 aromatic rings. The maximum atomic E-state index is 13.5. The summed E-state index contributed by atoms with van der Waals surface area (Å²) in [4.78, 5) is 17.0. The van der Waals surface area contributed by atoms with Crippen LogP contribution in [0.5, 0.6) is 0 Å². The van der Waals surface area contributed by atoms with Crippen molar-refractivity contribution in [3.63, 3.8) is 0 Å². The predicted octanol–water partition coefficient (Wildman–Crippen LogP) is 2.57. The molecular formula is C22H27FN6O2. The van der Waals surface area contributed by atoms with Crippen molar-refractivity contribution in [2.24, 2.45) is 16.9 Å². The van der Waals surface area contributed by atoms with Gasteiger partial charge in [0, 0.05) is 30.1 Å². The lowest BCUT2D eigenvalue weighted by Crippen LogP contribution is -2.42. The van der Waals surface area contributed by atoms with Gasteiger partial charge < -0.3 is 25.9 Å². The summed E-state index contributed by atoms with van der Waals surface area (Å²) in [6.07, 6.45) is 2.55. The van der Waals surface area contributed by atoms with E-state index in [0.29, 0.717) is 61.5 Å². The molecule has 0 atom stereocenters. The number of imidazole rings is 1. The molecule has 8 nitrogen and oxygen atoms in total. The molecule has 0 spiro atoms. The van der Waals surface area contributed by atoms with E-state index in [2.05, 4.69) is 15.0 Å². The molecule has 0 amide bonds.